The maximum Gasteiger partial charge on any atom is 0.323 e. The first-order valence-corrected chi connectivity index (χ1v) is 8.21. The summed E-state index contributed by atoms with van der Waals surface area (Å²) >= 11 is 0. The van der Waals surface area contributed by atoms with Crippen molar-refractivity contribution in [3.63, 3.8) is 0 Å². The van der Waals surface area contributed by atoms with Crippen LogP contribution in [0.25, 0.3) is 0 Å². The Bertz CT molecular complexity index is 608. The Morgan fingerprint density at radius 2 is 1.87 bits per heavy atom. The van der Waals surface area contributed by atoms with Crippen molar-refractivity contribution in [1.29, 1.82) is 0 Å². The van der Waals surface area contributed by atoms with Crippen molar-refractivity contribution in [3.05, 3.63) is 36.0 Å². The van der Waals surface area contributed by atoms with Gasteiger partial charge in [0.25, 0.3) is 0 Å². The number of rotatable bonds is 5. The molecule has 0 amide bonds. The smallest absolute Gasteiger partial charge is 0.323 e. The Kier molecular flexibility index (Phi) is 4.44. The molecule has 3 aliphatic rings. The maximum atomic E-state index is 13.3. The Morgan fingerprint density at radius 3 is 2.30 bits per heavy atom. The highest BCUT2D eigenvalue weighted by Crippen LogP contribution is 2.66. The van der Waals surface area contributed by atoms with Crippen molar-refractivity contribution in [2.75, 3.05) is 7.11 Å². The number of Topliss-reactive ketones (excluding diaryl/α,β-unsaturated/α-hetero) is 1. The number of carbonyl (C=O) groups is 2. The van der Waals surface area contributed by atoms with Crippen LogP contribution in [0.4, 0.5) is 0 Å². The second-order valence-corrected chi connectivity index (χ2v) is 7.88. The van der Waals surface area contributed by atoms with Crippen LogP contribution in [-0.4, -0.2) is 18.9 Å². The van der Waals surface area contributed by atoms with E-state index in [9.17, 15) is 9.59 Å². The number of fused-ring (bicyclic) bond motifs is 2. The molecule has 0 N–H and O–H groups in total. The number of hydrogen-bond acceptors (Lipinski definition) is 3. The molecule has 3 atom stereocenters. The van der Waals surface area contributed by atoms with Gasteiger partial charge in [0.15, 0.2) is 11.2 Å². The van der Waals surface area contributed by atoms with Crippen molar-refractivity contribution in [1.82, 2.24) is 0 Å². The summed E-state index contributed by atoms with van der Waals surface area (Å²) in [5, 5.41) is 0. The number of methoxy groups -OCH3 is 1. The predicted octanol–water partition coefficient (Wildman–Crippen LogP) is 4.25. The van der Waals surface area contributed by atoms with E-state index < -0.39 is 11.4 Å². The minimum Gasteiger partial charge on any atom is -0.468 e. The fourth-order valence-corrected chi connectivity index (χ4v) is 4.34. The van der Waals surface area contributed by atoms with Gasteiger partial charge in [-0.2, -0.15) is 0 Å². The van der Waals surface area contributed by atoms with Gasteiger partial charge < -0.3 is 4.74 Å². The molecule has 3 fully saturated rings. The highest BCUT2D eigenvalue weighted by molar-refractivity contribution is 6.10. The van der Waals surface area contributed by atoms with Crippen molar-refractivity contribution in [3.8, 4) is 0 Å². The van der Waals surface area contributed by atoms with E-state index in [1.807, 2.05) is 19.9 Å². The van der Waals surface area contributed by atoms with Crippen LogP contribution >= 0.6 is 0 Å². The summed E-state index contributed by atoms with van der Waals surface area (Å²) in [6.45, 7) is 16.0. The number of carbonyl (C=O) groups excluding carboxylic acids is 2. The van der Waals surface area contributed by atoms with Gasteiger partial charge in [-0.15, -0.1) is 6.58 Å². The third kappa shape index (κ3) is 2.50. The number of hydrogen-bond donors (Lipinski definition) is 0. The molecule has 2 bridgehead atoms. The van der Waals surface area contributed by atoms with E-state index in [0.717, 1.165) is 23.1 Å². The summed E-state index contributed by atoms with van der Waals surface area (Å²) in [5.74, 6) is -0.271. The zero-order valence-electron chi connectivity index (χ0n) is 15.0. The highest BCUT2D eigenvalue weighted by atomic mass is 16.5. The SMILES string of the molecule is C=C(C)C/C=C1\[C@@H]2C[C@H](C(=O)[C@@]1(CC(=C)C)C(=O)OC)C2(C)C. The summed E-state index contributed by atoms with van der Waals surface area (Å²) < 4.78 is 5.07. The van der Waals surface area contributed by atoms with Gasteiger partial charge in [0.05, 0.1) is 7.11 Å². The number of esters is 1. The van der Waals surface area contributed by atoms with Crippen molar-refractivity contribution >= 4 is 11.8 Å². The molecule has 0 unspecified atom stereocenters. The standard InChI is InChI=1S/C20H28O3/c1-12(2)8-9-14-15-10-16(19(15,5)6)17(21)20(14,11-13(3)4)18(22)23-7/h9,15-16H,1,3,8,10-11H2,2,4-7H3/b14-9+/t15-,16+,20-/m0/s1. The van der Waals surface area contributed by atoms with Gasteiger partial charge in [0.2, 0.25) is 0 Å². The largest absolute Gasteiger partial charge is 0.468 e. The molecule has 3 heteroatoms. The predicted molar refractivity (Wildman–Crippen MR) is 91.8 cm³/mol. The fourth-order valence-electron chi connectivity index (χ4n) is 4.34. The molecular weight excluding hydrogens is 288 g/mol. The minimum atomic E-state index is -1.18. The molecule has 126 valence electrons. The Labute approximate surface area is 139 Å². The van der Waals surface area contributed by atoms with Gasteiger partial charge in [-0.25, -0.2) is 0 Å². The molecule has 3 aliphatic carbocycles. The highest BCUT2D eigenvalue weighted by Gasteiger charge is 2.68. The van der Waals surface area contributed by atoms with Crippen molar-refractivity contribution in [2.45, 2.75) is 47.0 Å². The lowest BCUT2D eigenvalue weighted by Crippen LogP contribution is -2.64. The van der Waals surface area contributed by atoms with Crippen LogP contribution in [-0.2, 0) is 14.3 Å². The van der Waals surface area contributed by atoms with Gasteiger partial charge in [0.1, 0.15) is 0 Å². The molecule has 0 heterocycles. The van der Waals surface area contributed by atoms with Gasteiger partial charge in [-0.3, -0.25) is 9.59 Å². The van der Waals surface area contributed by atoms with Gasteiger partial charge in [-0.05, 0) is 50.0 Å². The maximum absolute atomic E-state index is 13.3. The first-order valence-electron chi connectivity index (χ1n) is 8.21. The summed E-state index contributed by atoms with van der Waals surface area (Å²) in [4.78, 5) is 26.0. The first-order chi connectivity index (χ1) is 10.6. The van der Waals surface area contributed by atoms with E-state index in [1.54, 1.807) is 0 Å². The van der Waals surface area contributed by atoms with E-state index in [-0.39, 0.29) is 23.0 Å². The molecule has 3 nitrogen and oxygen atoms in total. The number of ether oxygens (including phenoxy) is 1. The first kappa shape index (κ1) is 17.7. The van der Waals surface area contributed by atoms with Gasteiger partial charge >= 0.3 is 5.97 Å². The minimum absolute atomic E-state index is 0.00724. The van der Waals surface area contributed by atoms with E-state index in [0.29, 0.717) is 12.8 Å². The zero-order valence-corrected chi connectivity index (χ0v) is 15.0. The molecule has 0 aromatic heterocycles. The molecule has 0 aromatic carbocycles. The van der Waals surface area contributed by atoms with Crippen LogP contribution in [0.2, 0.25) is 0 Å². The van der Waals surface area contributed by atoms with Crippen LogP contribution in [0.1, 0.15) is 47.0 Å². The Morgan fingerprint density at radius 1 is 1.26 bits per heavy atom. The van der Waals surface area contributed by atoms with Crippen LogP contribution in [0.3, 0.4) is 0 Å². The van der Waals surface area contributed by atoms with Crippen molar-refractivity contribution < 1.29 is 14.3 Å². The molecule has 0 radical (unpaired) electrons. The monoisotopic (exact) mass is 316 g/mol. The lowest BCUT2D eigenvalue weighted by molar-refractivity contribution is -0.172. The van der Waals surface area contributed by atoms with Crippen LogP contribution < -0.4 is 0 Å². The molecule has 3 rings (SSSR count). The lowest BCUT2D eigenvalue weighted by Gasteiger charge is -2.61. The average Bonchev–Trinajstić information content (AvgIpc) is 2.45. The van der Waals surface area contributed by atoms with Crippen LogP contribution in [0.15, 0.2) is 36.0 Å². The summed E-state index contributed by atoms with van der Waals surface area (Å²) in [5.41, 5.74) is 1.49. The van der Waals surface area contributed by atoms with Gasteiger partial charge in [0, 0.05) is 5.92 Å². The van der Waals surface area contributed by atoms with E-state index in [4.69, 9.17) is 4.74 Å². The topological polar surface area (TPSA) is 43.4 Å². The summed E-state index contributed by atoms with van der Waals surface area (Å²) in [7, 11) is 1.36. The molecule has 3 saturated carbocycles. The second-order valence-electron chi connectivity index (χ2n) is 7.88. The second kappa shape index (κ2) is 5.77. The molecule has 0 saturated heterocycles. The fraction of sp³-hybridized carbons (Fsp3) is 0.600. The Balaban J connectivity index is 2.62. The lowest BCUT2D eigenvalue weighted by atomic mass is 9.40. The number of ketones is 1. The number of allylic oxidation sites excluding steroid dienone is 3. The summed E-state index contributed by atoms with van der Waals surface area (Å²) in [6, 6.07) is 0. The third-order valence-corrected chi connectivity index (χ3v) is 5.64. The summed E-state index contributed by atoms with van der Waals surface area (Å²) in [6.07, 6.45) is 3.89. The van der Waals surface area contributed by atoms with E-state index in [2.05, 4.69) is 27.0 Å². The quantitative estimate of drug-likeness (QED) is 0.432. The molecule has 0 aliphatic heterocycles. The Hall–Kier alpha value is -1.64. The molecule has 0 spiro atoms. The molecule has 23 heavy (non-hydrogen) atoms. The van der Waals surface area contributed by atoms with Crippen molar-refractivity contribution in [2.24, 2.45) is 22.7 Å². The van der Waals surface area contributed by atoms with E-state index >= 15 is 0 Å². The van der Waals surface area contributed by atoms with Crippen LogP contribution in [0.5, 0.6) is 0 Å². The molecule has 0 aromatic rings. The normalized spacial score (nSPS) is 33.1. The molecular formula is C20H28O3. The average molecular weight is 316 g/mol. The zero-order chi connectivity index (χ0) is 17.6. The van der Waals surface area contributed by atoms with Gasteiger partial charge in [-0.1, -0.05) is 37.6 Å². The van der Waals surface area contributed by atoms with Crippen LogP contribution in [0, 0.1) is 22.7 Å². The third-order valence-electron chi connectivity index (χ3n) is 5.64. The van der Waals surface area contributed by atoms with E-state index in [1.165, 1.54) is 7.11 Å².